The summed E-state index contributed by atoms with van der Waals surface area (Å²) in [6.07, 6.45) is 10.0. The summed E-state index contributed by atoms with van der Waals surface area (Å²) in [5.74, 6) is 0. The fourth-order valence-corrected chi connectivity index (χ4v) is 0.340. The summed E-state index contributed by atoms with van der Waals surface area (Å²) in [6, 6.07) is 0. The summed E-state index contributed by atoms with van der Waals surface area (Å²) in [7, 11) is 0. The van der Waals surface area contributed by atoms with Crippen molar-refractivity contribution in [2.45, 2.75) is 6.42 Å². The average molecular weight is 257 g/mol. The summed E-state index contributed by atoms with van der Waals surface area (Å²) >= 11 is 0. The smallest absolute Gasteiger partial charge is 1.00 e. The minimum absolute atomic E-state index is 0. The van der Waals surface area contributed by atoms with E-state index in [2.05, 4.69) is 12.2 Å². The second kappa shape index (κ2) is 3.31. The van der Waals surface area contributed by atoms with E-state index in [0.29, 0.717) is 0 Å². The van der Waals surface area contributed by atoms with Crippen LogP contribution in [0.15, 0.2) is 18.2 Å². The van der Waals surface area contributed by atoms with Gasteiger partial charge in [-0.25, -0.2) is 12.2 Å². The van der Waals surface area contributed by atoms with Gasteiger partial charge >= 0.3 is 19.8 Å². The molecule has 0 aromatic heterocycles. The third-order valence-electron chi connectivity index (χ3n) is 0.586. The van der Waals surface area contributed by atoms with Crippen molar-refractivity contribution in [1.29, 1.82) is 0 Å². The zero-order chi connectivity index (χ0) is 3.54. The Morgan fingerprint density at radius 2 is 2.50 bits per heavy atom. The van der Waals surface area contributed by atoms with Crippen molar-refractivity contribution in [1.82, 2.24) is 0 Å². The molecule has 0 amide bonds. The van der Waals surface area contributed by atoms with Gasteiger partial charge in [-0.2, -0.15) is 6.08 Å². The minimum Gasteiger partial charge on any atom is -1.00 e. The molecule has 0 atom stereocenters. The third kappa shape index (κ3) is 1.53. The van der Waals surface area contributed by atoms with E-state index in [-0.39, 0.29) is 22.6 Å². The van der Waals surface area contributed by atoms with Crippen molar-refractivity contribution in [2.24, 2.45) is 0 Å². The van der Waals surface area contributed by atoms with E-state index in [0.717, 1.165) is 6.42 Å². The van der Waals surface area contributed by atoms with Crippen molar-refractivity contribution in [3.8, 4) is 0 Å². The zero-order valence-corrected chi connectivity index (χ0v) is 5.83. The molecule has 1 radical (unpaired) electrons. The molecule has 1 heteroatoms. The Balaban J connectivity index is -0.0000000833. The molecule has 0 aromatic rings. The Kier molecular flexibility index (Phi) is 3.38. The van der Waals surface area contributed by atoms with Crippen LogP contribution in [0, 0.1) is 6.08 Å². The molecule has 6 heavy (non-hydrogen) atoms. The maximum absolute atomic E-state index is 2.99. The zero-order valence-electron chi connectivity index (χ0n) is 5.29. The molecule has 1 aliphatic carbocycles. The van der Waals surface area contributed by atoms with Crippen molar-refractivity contribution < 1.29 is 22.6 Å². The first-order chi connectivity index (χ1) is 2.50. The van der Waals surface area contributed by atoms with E-state index >= 15 is 0 Å². The van der Waals surface area contributed by atoms with Crippen LogP contribution in [0.5, 0.6) is 0 Å². The Hall–Kier alpha value is 0.116. The molecule has 0 aromatic carbocycles. The quantitative estimate of drug-likeness (QED) is 0.577. The van der Waals surface area contributed by atoms with Crippen LogP contribution in [0.25, 0.3) is 0 Å². The predicted molar refractivity (Wildman–Crippen MR) is 23.8 cm³/mol. The molecule has 0 saturated heterocycles. The second-order valence-electron chi connectivity index (χ2n) is 1.00. The molecule has 0 fully saturated rings. The largest absolute Gasteiger partial charge is 1.00 e. The van der Waals surface area contributed by atoms with Crippen LogP contribution in [0.3, 0.4) is 0 Å². The monoisotopic (exact) mass is 259 g/mol. The van der Waals surface area contributed by atoms with Crippen molar-refractivity contribution in [3.05, 3.63) is 24.3 Å². The molecule has 1 rings (SSSR count). The molecular weight excluding hydrogens is 250 g/mol. The average Bonchev–Trinajstić information content (AvgIpc) is 1.76. The van der Waals surface area contributed by atoms with Crippen molar-refractivity contribution >= 4 is 0 Å². The second-order valence-corrected chi connectivity index (χ2v) is 1.00. The van der Waals surface area contributed by atoms with Gasteiger partial charge in [-0.05, 0) is 0 Å². The van der Waals surface area contributed by atoms with E-state index < -0.39 is 0 Å². The van der Waals surface area contributed by atoms with Crippen molar-refractivity contribution in [2.75, 3.05) is 0 Å². The van der Waals surface area contributed by atoms with Crippen LogP contribution >= 0.6 is 0 Å². The molecule has 0 heterocycles. The summed E-state index contributed by atoms with van der Waals surface area (Å²) in [5.41, 5.74) is 0. The number of hydrogen-bond donors (Lipinski definition) is 0. The van der Waals surface area contributed by atoms with Crippen LogP contribution in [0.1, 0.15) is 9.27 Å². The molecule has 0 saturated carbocycles. The van der Waals surface area contributed by atoms with Crippen LogP contribution < -0.4 is 0 Å². The van der Waals surface area contributed by atoms with Gasteiger partial charge in [0.25, 0.3) is 0 Å². The van der Waals surface area contributed by atoms with Gasteiger partial charge in [0.05, 0.1) is 0 Å². The summed E-state index contributed by atoms with van der Waals surface area (Å²) < 4.78 is 0. The topological polar surface area (TPSA) is 0 Å². The van der Waals surface area contributed by atoms with Crippen LogP contribution in [0.4, 0.5) is 0 Å². The third-order valence-corrected chi connectivity index (χ3v) is 0.586. The maximum Gasteiger partial charge on any atom is 1.00 e. The normalized spacial score (nSPS) is 14.7. The number of allylic oxidation sites excluding steroid dienone is 4. The number of rotatable bonds is 0. The maximum atomic E-state index is 2.99. The van der Waals surface area contributed by atoms with Gasteiger partial charge in [0.2, 0.25) is 0 Å². The predicted octanol–water partition coefficient (Wildman–Crippen LogP) is 1.53. The van der Waals surface area contributed by atoms with Gasteiger partial charge in [-0.15, -0.1) is 6.42 Å². The van der Waals surface area contributed by atoms with Crippen molar-refractivity contribution in [3.63, 3.8) is 0 Å². The first kappa shape index (κ1) is 6.12. The van der Waals surface area contributed by atoms with Crippen LogP contribution in [0.2, 0.25) is 0 Å². The SMILES string of the molecule is [C-]1=CC=CC1.[H-].[H-].[Os+]. The van der Waals surface area contributed by atoms with E-state index in [4.69, 9.17) is 0 Å². The molecule has 0 bridgehead atoms. The van der Waals surface area contributed by atoms with Gasteiger partial charge in [0.15, 0.2) is 0 Å². The van der Waals surface area contributed by atoms with E-state index in [1.165, 1.54) is 0 Å². The Morgan fingerprint density at radius 1 is 1.67 bits per heavy atom. The molecular formula is C5H7Os-2. The Bertz CT molecular complexity index is 68.5. The first-order valence-corrected chi connectivity index (χ1v) is 1.72. The van der Waals surface area contributed by atoms with E-state index in [9.17, 15) is 0 Å². The Morgan fingerprint density at radius 3 is 2.67 bits per heavy atom. The fraction of sp³-hybridized carbons (Fsp3) is 0.200. The van der Waals surface area contributed by atoms with Gasteiger partial charge in [0.1, 0.15) is 0 Å². The molecule has 0 aliphatic heterocycles. The van der Waals surface area contributed by atoms with Gasteiger partial charge in [-0.3, -0.25) is 6.08 Å². The molecule has 0 nitrogen and oxygen atoms in total. The van der Waals surface area contributed by atoms with E-state index in [1.54, 1.807) is 0 Å². The van der Waals surface area contributed by atoms with E-state index in [1.807, 2.05) is 12.2 Å². The molecule has 1 aliphatic rings. The molecule has 0 unspecified atom stereocenters. The summed E-state index contributed by atoms with van der Waals surface area (Å²) in [6.45, 7) is 0. The van der Waals surface area contributed by atoms with Gasteiger partial charge in [0, 0.05) is 0 Å². The van der Waals surface area contributed by atoms with Gasteiger partial charge in [-0.1, -0.05) is 0 Å². The number of hydrogen-bond acceptors (Lipinski definition) is 0. The van der Waals surface area contributed by atoms with Crippen LogP contribution in [-0.4, -0.2) is 0 Å². The molecule has 37 valence electrons. The molecule has 0 N–H and O–H groups in total. The summed E-state index contributed by atoms with van der Waals surface area (Å²) in [5, 5.41) is 0. The summed E-state index contributed by atoms with van der Waals surface area (Å²) in [4.78, 5) is 0. The first-order valence-electron chi connectivity index (χ1n) is 1.72. The standard InChI is InChI=1S/C5H5.Os.2H/c1-2-4-5-3-1;;;/h1-3H,4H2;;;/q-1;+1;2*-1. The minimum atomic E-state index is 0. The fourth-order valence-electron chi connectivity index (χ4n) is 0.340. The molecule has 0 spiro atoms. The Labute approximate surface area is 54.0 Å². The van der Waals surface area contributed by atoms with Gasteiger partial charge < -0.3 is 2.85 Å². The van der Waals surface area contributed by atoms with Crippen LogP contribution in [-0.2, 0) is 19.8 Å².